The number of aromatic amines is 1. The van der Waals surface area contributed by atoms with E-state index < -0.39 is 0 Å². The van der Waals surface area contributed by atoms with Gasteiger partial charge in [0.1, 0.15) is 0 Å². The molecular formula is C28H29N3. The van der Waals surface area contributed by atoms with Gasteiger partial charge in [0, 0.05) is 17.3 Å². The average molecular weight is 408 g/mol. The molecule has 4 rings (SSSR count). The first-order valence-electron chi connectivity index (χ1n) is 10.8. The molecule has 0 bridgehead atoms. The number of rotatable bonds is 7. The summed E-state index contributed by atoms with van der Waals surface area (Å²) in [4.78, 5) is 5.71. The zero-order valence-electron chi connectivity index (χ0n) is 18.5. The fourth-order valence-electron chi connectivity index (χ4n) is 4.27. The number of benzene rings is 3. The van der Waals surface area contributed by atoms with Gasteiger partial charge in [0.25, 0.3) is 0 Å². The van der Waals surface area contributed by atoms with Crippen LogP contribution in [0.25, 0.3) is 21.9 Å². The van der Waals surface area contributed by atoms with Crippen LogP contribution < -0.4 is 0 Å². The van der Waals surface area contributed by atoms with Crippen molar-refractivity contribution in [2.45, 2.75) is 25.2 Å². The second kappa shape index (κ2) is 8.79. The summed E-state index contributed by atoms with van der Waals surface area (Å²) in [6.07, 6.45) is 4.11. The van der Waals surface area contributed by atoms with Gasteiger partial charge in [-0.2, -0.15) is 5.26 Å². The first kappa shape index (κ1) is 20.9. The van der Waals surface area contributed by atoms with Crippen molar-refractivity contribution in [2.24, 2.45) is 0 Å². The third-order valence-electron chi connectivity index (χ3n) is 6.21. The van der Waals surface area contributed by atoms with Gasteiger partial charge in [-0.25, -0.2) is 0 Å². The SMILES string of the molecule is CN(C)CCC(C)(Cc1ccc2cc(-c3ccc(C#N)cc3)ccc2c1)c1ccc[nH]1. The van der Waals surface area contributed by atoms with E-state index in [9.17, 15) is 0 Å². The Morgan fingerprint density at radius 3 is 2.29 bits per heavy atom. The lowest BCUT2D eigenvalue weighted by Gasteiger charge is -2.30. The summed E-state index contributed by atoms with van der Waals surface area (Å²) in [5, 5.41) is 11.5. The highest BCUT2D eigenvalue weighted by molar-refractivity contribution is 5.88. The minimum absolute atomic E-state index is 0.0594. The number of nitrogens with zero attached hydrogens (tertiary/aromatic N) is 2. The number of nitrogens with one attached hydrogen (secondary N) is 1. The van der Waals surface area contributed by atoms with Crippen LogP contribution in [0.15, 0.2) is 79.0 Å². The van der Waals surface area contributed by atoms with E-state index in [0.717, 1.165) is 24.9 Å². The molecule has 0 saturated heterocycles. The smallest absolute Gasteiger partial charge is 0.0991 e. The fourth-order valence-corrected chi connectivity index (χ4v) is 4.27. The normalized spacial score (nSPS) is 13.3. The van der Waals surface area contributed by atoms with Crippen molar-refractivity contribution in [3.8, 4) is 17.2 Å². The van der Waals surface area contributed by atoms with E-state index in [2.05, 4.69) is 85.5 Å². The Bertz CT molecular complexity index is 1200. The lowest BCUT2D eigenvalue weighted by Crippen LogP contribution is -2.30. The van der Waals surface area contributed by atoms with E-state index in [1.165, 1.54) is 27.6 Å². The minimum Gasteiger partial charge on any atom is -0.365 e. The molecule has 0 radical (unpaired) electrons. The van der Waals surface area contributed by atoms with Crippen LogP contribution in [-0.2, 0) is 11.8 Å². The molecule has 1 aromatic heterocycles. The highest BCUT2D eigenvalue weighted by Crippen LogP contribution is 2.32. The fraction of sp³-hybridized carbons (Fsp3) is 0.250. The van der Waals surface area contributed by atoms with Gasteiger partial charge in [0.2, 0.25) is 0 Å². The maximum Gasteiger partial charge on any atom is 0.0991 e. The molecule has 31 heavy (non-hydrogen) atoms. The number of nitriles is 1. The van der Waals surface area contributed by atoms with Crippen molar-refractivity contribution in [1.82, 2.24) is 9.88 Å². The van der Waals surface area contributed by atoms with E-state index >= 15 is 0 Å². The summed E-state index contributed by atoms with van der Waals surface area (Å²) in [6.45, 7) is 3.41. The van der Waals surface area contributed by atoms with Crippen LogP contribution in [0.2, 0.25) is 0 Å². The Balaban J connectivity index is 1.61. The van der Waals surface area contributed by atoms with Gasteiger partial charge in [-0.15, -0.1) is 0 Å². The Labute approximate surface area is 185 Å². The molecule has 1 heterocycles. The summed E-state index contributed by atoms with van der Waals surface area (Å²) < 4.78 is 0. The predicted molar refractivity (Wildman–Crippen MR) is 129 cm³/mol. The first-order valence-corrected chi connectivity index (χ1v) is 10.8. The molecule has 0 spiro atoms. The zero-order chi connectivity index (χ0) is 21.8. The Kier molecular flexibility index (Phi) is 5.93. The van der Waals surface area contributed by atoms with Gasteiger partial charge < -0.3 is 9.88 Å². The summed E-state index contributed by atoms with van der Waals surface area (Å²) in [7, 11) is 4.27. The molecule has 0 fully saturated rings. The molecule has 0 saturated carbocycles. The van der Waals surface area contributed by atoms with Gasteiger partial charge >= 0.3 is 0 Å². The lowest BCUT2D eigenvalue weighted by molar-refractivity contribution is 0.322. The number of fused-ring (bicyclic) bond motifs is 1. The molecule has 0 aliphatic rings. The van der Waals surface area contributed by atoms with Crippen LogP contribution in [0.3, 0.4) is 0 Å². The summed E-state index contributed by atoms with van der Waals surface area (Å²) >= 11 is 0. The van der Waals surface area contributed by atoms with Crippen molar-refractivity contribution in [2.75, 3.05) is 20.6 Å². The minimum atomic E-state index is 0.0594. The van der Waals surface area contributed by atoms with Gasteiger partial charge in [-0.1, -0.05) is 49.4 Å². The number of hydrogen-bond acceptors (Lipinski definition) is 2. The number of hydrogen-bond donors (Lipinski definition) is 1. The molecule has 1 N–H and O–H groups in total. The van der Waals surface area contributed by atoms with Crippen LogP contribution in [0.4, 0.5) is 0 Å². The molecule has 0 aliphatic heterocycles. The van der Waals surface area contributed by atoms with Crippen LogP contribution in [0.5, 0.6) is 0 Å². The van der Waals surface area contributed by atoms with Crippen LogP contribution in [0.1, 0.15) is 30.2 Å². The maximum atomic E-state index is 9.01. The summed E-state index contributed by atoms with van der Waals surface area (Å²) in [5.41, 5.74) is 5.71. The van der Waals surface area contributed by atoms with Gasteiger partial charge in [0.15, 0.2) is 0 Å². The Morgan fingerprint density at radius 1 is 0.903 bits per heavy atom. The molecule has 0 aliphatic carbocycles. The average Bonchev–Trinajstić information content (AvgIpc) is 3.33. The first-order chi connectivity index (χ1) is 15.0. The highest BCUT2D eigenvalue weighted by Gasteiger charge is 2.28. The molecule has 0 amide bonds. The van der Waals surface area contributed by atoms with Crippen molar-refractivity contribution >= 4 is 10.8 Å². The second-order valence-electron chi connectivity index (χ2n) is 8.96. The molecule has 1 unspecified atom stereocenters. The molecule has 156 valence electrons. The van der Waals surface area contributed by atoms with E-state index in [-0.39, 0.29) is 5.41 Å². The topological polar surface area (TPSA) is 42.8 Å². The van der Waals surface area contributed by atoms with Crippen LogP contribution in [0, 0.1) is 11.3 Å². The lowest BCUT2D eigenvalue weighted by atomic mass is 9.77. The van der Waals surface area contributed by atoms with Crippen LogP contribution in [-0.4, -0.2) is 30.5 Å². The summed E-state index contributed by atoms with van der Waals surface area (Å²) in [6, 6.07) is 27.7. The van der Waals surface area contributed by atoms with Gasteiger partial charge in [-0.3, -0.25) is 0 Å². The molecule has 3 heteroatoms. The maximum absolute atomic E-state index is 9.01. The third kappa shape index (κ3) is 4.71. The van der Waals surface area contributed by atoms with E-state index in [4.69, 9.17) is 5.26 Å². The molecule has 1 atom stereocenters. The molecule has 3 aromatic carbocycles. The van der Waals surface area contributed by atoms with E-state index in [1.54, 1.807) is 0 Å². The van der Waals surface area contributed by atoms with E-state index in [1.807, 2.05) is 30.5 Å². The zero-order valence-corrected chi connectivity index (χ0v) is 18.5. The van der Waals surface area contributed by atoms with Gasteiger partial charge in [0.05, 0.1) is 11.6 Å². The van der Waals surface area contributed by atoms with Crippen molar-refractivity contribution in [3.05, 3.63) is 95.8 Å². The second-order valence-corrected chi connectivity index (χ2v) is 8.96. The standard InChI is InChI=1S/C28H29N3/c1-28(14-16-31(2)3,27-5-4-15-30-27)19-22-8-11-26-18-25(13-12-24(26)17-22)23-9-6-21(20-29)7-10-23/h4-13,15,17-18,30H,14,16,19H2,1-3H3. The number of H-pyrrole nitrogens is 1. The molecule has 4 aromatic rings. The monoisotopic (exact) mass is 407 g/mol. The van der Waals surface area contributed by atoms with Crippen molar-refractivity contribution in [3.63, 3.8) is 0 Å². The van der Waals surface area contributed by atoms with Crippen molar-refractivity contribution < 1.29 is 0 Å². The molecular weight excluding hydrogens is 378 g/mol. The predicted octanol–water partition coefficient (Wildman–Crippen LogP) is 6.16. The molecule has 3 nitrogen and oxygen atoms in total. The quantitative estimate of drug-likeness (QED) is 0.399. The van der Waals surface area contributed by atoms with Crippen LogP contribution >= 0.6 is 0 Å². The summed E-state index contributed by atoms with van der Waals surface area (Å²) in [5.74, 6) is 0. The highest BCUT2D eigenvalue weighted by atomic mass is 15.0. The van der Waals surface area contributed by atoms with Gasteiger partial charge in [-0.05, 0) is 91.3 Å². The largest absolute Gasteiger partial charge is 0.365 e. The number of aromatic nitrogens is 1. The Hall–Kier alpha value is -3.35. The Morgan fingerprint density at radius 2 is 1.61 bits per heavy atom. The van der Waals surface area contributed by atoms with Crippen molar-refractivity contribution in [1.29, 1.82) is 5.26 Å². The third-order valence-corrected chi connectivity index (χ3v) is 6.21. The van der Waals surface area contributed by atoms with E-state index in [0.29, 0.717) is 5.56 Å².